The smallest absolute Gasteiger partial charge is 0.232 e. The van der Waals surface area contributed by atoms with Crippen molar-refractivity contribution in [1.29, 1.82) is 5.26 Å². The maximum Gasteiger partial charge on any atom is 0.232 e. The standard InChI is InChI=1S/C13H11ClN2O2/c1-8-9(2)18-13(16-8)7-17-12-4-3-10(6-15)5-11(12)14/h3-5H,7H2,1-2H3. The summed E-state index contributed by atoms with van der Waals surface area (Å²) in [6, 6.07) is 6.87. The van der Waals surface area contributed by atoms with E-state index in [-0.39, 0.29) is 6.61 Å². The molecular formula is C13H11ClN2O2. The highest BCUT2D eigenvalue weighted by atomic mass is 35.5. The van der Waals surface area contributed by atoms with Crippen molar-refractivity contribution in [3.05, 3.63) is 46.1 Å². The van der Waals surface area contributed by atoms with E-state index in [4.69, 9.17) is 26.0 Å². The second kappa shape index (κ2) is 5.11. The van der Waals surface area contributed by atoms with Crippen LogP contribution in [0.3, 0.4) is 0 Å². The van der Waals surface area contributed by atoms with Crippen LogP contribution in [0.15, 0.2) is 22.6 Å². The van der Waals surface area contributed by atoms with Crippen molar-refractivity contribution in [2.45, 2.75) is 20.5 Å². The van der Waals surface area contributed by atoms with Crippen LogP contribution in [0.5, 0.6) is 5.75 Å². The first-order valence-corrected chi connectivity index (χ1v) is 5.73. The van der Waals surface area contributed by atoms with Crippen molar-refractivity contribution in [2.75, 3.05) is 0 Å². The summed E-state index contributed by atoms with van der Waals surface area (Å²) in [5.74, 6) is 1.79. The molecule has 0 bridgehead atoms. The first kappa shape index (κ1) is 12.5. The molecular weight excluding hydrogens is 252 g/mol. The van der Waals surface area contributed by atoms with Gasteiger partial charge in [0, 0.05) is 0 Å². The quantitative estimate of drug-likeness (QED) is 0.851. The van der Waals surface area contributed by atoms with E-state index >= 15 is 0 Å². The molecule has 0 amide bonds. The molecule has 1 heterocycles. The summed E-state index contributed by atoms with van der Waals surface area (Å²) in [5, 5.41) is 9.12. The summed E-state index contributed by atoms with van der Waals surface area (Å²) in [5.41, 5.74) is 1.34. The normalized spacial score (nSPS) is 10.1. The van der Waals surface area contributed by atoms with E-state index in [1.807, 2.05) is 19.9 Å². The van der Waals surface area contributed by atoms with E-state index in [1.165, 1.54) is 0 Å². The van der Waals surface area contributed by atoms with Gasteiger partial charge in [0.2, 0.25) is 5.89 Å². The van der Waals surface area contributed by atoms with Crippen molar-refractivity contribution < 1.29 is 9.15 Å². The SMILES string of the molecule is Cc1nc(COc2ccc(C#N)cc2Cl)oc1C. The van der Waals surface area contributed by atoms with Crippen LogP contribution < -0.4 is 4.74 Å². The molecule has 0 aliphatic carbocycles. The average Bonchev–Trinajstić information content (AvgIpc) is 2.67. The van der Waals surface area contributed by atoms with Crippen molar-refractivity contribution in [3.8, 4) is 11.8 Å². The van der Waals surface area contributed by atoms with Crippen LogP contribution >= 0.6 is 11.6 Å². The van der Waals surface area contributed by atoms with Gasteiger partial charge >= 0.3 is 0 Å². The fourth-order valence-electron chi connectivity index (χ4n) is 1.43. The maximum absolute atomic E-state index is 8.72. The summed E-state index contributed by atoms with van der Waals surface area (Å²) in [4.78, 5) is 4.20. The van der Waals surface area contributed by atoms with E-state index in [9.17, 15) is 0 Å². The third-order valence-corrected chi connectivity index (χ3v) is 2.78. The fourth-order valence-corrected chi connectivity index (χ4v) is 1.66. The van der Waals surface area contributed by atoms with E-state index < -0.39 is 0 Å². The van der Waals surface area contributed by atoms with Gasteiger partial charge in [0.05, 0.1) is 22.3 Å². The average molecular weight is 263 g/mol. The van der Waals surface area contributed by atoms with E-state index in [1.54, 1.807) is 18.2 Å². The van der Waals surface area contributed by atoms with Crippen molar-refractivity contribution >= 4 is 11.6 Å². The van der Waals surface area contributed by atoms with Gasteiger partial charge in [0.25, 0.3) is 0 Å². The first-order valence-electron chi connectivity index (χ1n) is 5.35. The number of hydrogen-bond donors (Lipinski definition) is 0. The van der Waals surface area contributed by atoms with Gasteiger partial charge in [-0.05, 0) is 32.0 Å². The summed E-state index contributed by atoms with van der Waals surface area (Å²) >= 11 is 5.98. The number of halogens is 1. The van der Waals surface area contributed by atoms with Gasteiger partial charge in [-0.2, -0.15) is 5.26 Å². The summed E-state index contributed by atoms with van der Waals surface area (Å²) in [6.45, 7) is 3.93. The predicted octanol–water partition coefficient (Wildman–Crippen LogP) is 3.40. The van der Waals surface area contributed by atoms with Crippen molar-refractivity contribution in [3.63, 3.8) is 0 Å². The molecule has 0 unspecified atom stereocenters. The van der Waals surface area contributed by atoms with Crippen LogP contribution in [0.25, 0.3) is 0 Å². The molecule has 0 atom stereocenters. The van der Waals surface area contributed by atoms with Gasteiger partial charge in [0.15, 0.2) is 6.61 Å². The van der Waals surface area contributed by atoms with Gasteiger partial charge < -0.3 is 9.15 Å². The topological polar surface area (TPSA) is 59.0 Å². The Kier molecular flexibility index (Phi) is 3.54. The molecule has 4 nitrogen and oxygen atoms in total. The molecule has 0 aliphatic rings. The fraction of sp³-hybridized carbons (Fsp3) is 0.231. The van der Waals surface area contributed by atoms with Crippen LogP contribution in [-0.2, 0) is 6.61 Å². The molecule has 2 rings (SSSR count). The van der Waals surface area contributed by atoms with Gasteiger partial charge in [-0.1, -0.05) is 11.6 Å². The lowest BCUT2D eigenvalue weighted by Gasteiger charge is -2.05. The number of benzene rings is 1. The highest BCUT2D eigenvalue weighted by molar-refractivity contribution is 6.32. The Morgan fingerprint density at radius 1 is 1.44 bits per heavy atom. The predicted molar refractivity (Wildman–Crippen MR) is 66.5 cm³/mol. The van der Waals surface area contributed by atoms with Gasteiger partial charge in [-0.15, -0.1) is 0 Å². The second-order valence-electron chi connectivity index (χ2n) is 3.79. The zero-order valence-corrected chi connectivity index (χ0v) is 10.8. The van der Waals surface area contributed by atoms with Crippen LogP contribution in [0.2, 0.25) is 5.02 Å². The molecule has 0 N–H and O–H groups in total. The Bertz CT molecular complexity index is 594. The Labute approximate surface area is 110 Å². The maximum atomic E-state index is 8.72. The van der Waals surface area contributed by atoms with Crippen molar-refractivity contribution in [1.82, 2.24) is 4.98 Å². The largest absolute Gasteiger partial charge is 0.482 e. The molecule has 5 heteroatoms. The van der Waals surface area contributed by atoms with Crippen LogP contribution in [-0.4, -0.2) is 4.98 Å². The molecule has 1 aromatic carbocycles. The van der Waals surface area contributed by atoms with Crippen LogP contribution in [0, 0.1) is 25.2 Å². The van der Waals surface area contributed by atoms with E-state index in [2.05, 4.69) is 4.98 Å². The van der Waals surface area contributed by atoms with E-state index in [0.29, 0.717) is 22.2 Å². The van der Waals surface area contributed by atoms with Crippen LogP contribution in [0.4, 0.5) is 0 Å². The lowest BCUT2D eigenvalue weighted by molar-refractivity contribution is 0.260. The Hall–Kier alpha value is -1.99. The zero-order valence-electron chi connectivity index (χ0n) is 10.0. The molecule has 92 valence electrons. The Balaban J connectivity index is 2.09. The molecule has 0 fully saturated rings. The molecule has 0 saturated heterocycles. The number of nitrogens with zero attached hydrogens (tertiary/aromatic N) is 2. The monoisotopic (exact) mass is 262 g/mol. The number of aromatic nitrogens is 1. The Morgan fingerprint density at radius 3 is 2.78 bits per heavy atom. The number of aryl methyl sites for hydroxylation is 2. The van der Waals surface area contributed by atoms with E-state index in [0.717, 1.165) is 11.5 Å². The molecule has 1 aromatic heterocycles. The molecule has 18 heavy (non-hydrogen) atoms. The minimum atomic E-state index is 0.209. The molecule has 0 aliphatic heterocycles. The van der Waals surface area contributed by atoms with Gasteiger partial charge in [-0.3, -0.25) is 0 Å². The third-order valence-electron chi connectivity index (χ3n) is 2.48. The second-order valence-corrected chi connectivity index (χ2v) is 4.20. The first-order chi connectivity index (χ1) is 8.60. The molecule has 2 aromatic rings. The highest BCUT2D eigenvalue weighted by Gasteiger charge is 2.08. The number of hydrogen-bond acceptors (Lipinski definition) is 4. The molecule has 0 saturated carbocycles. The minimum Gasteiger partial charge on any atom is -0.482 e. The summed E-state index contributed by atoms with van der Waals surface area (Å²) in [7, 11) is 0. The number of ether oxygens (including phenoxy) is 1. The third kappa shape index (κ3) is 2.63. The van der Waals surface area contributed by atoms with Gasteiger partial charge in [0.1, 0.15) is 11.5 Å². The van der Waals surface area contributed by atoms with Crippen molar-refractivity contribution in [2.24, 2.45) is 0 Å². The number of oxazole rings is 1. The van der Waals surface area contributed by atoms with Gasteiger partial charge in [-0.25, -0.2) is 4.98 Å². The summed E-state index contributed by atoms with van der Waals surface area (Å²) < 4.78 is 10.9. The summed E-state index contributed by atoms with van der Waals surface area (Å²) in [6.07, 6.45) is 0. The highest BCUT2D eigenvalue weighted by Crippen LogP contribution is 2.26. The lowest BCUT2D eigenvalue weighted by atomic mass is 10.2. The van der Waals surface area contributed by atoms with Crippen LogP contribution in [0.1, 0.15) is 22.9 Å². The minimum absolute atomic E-state index is 0.209. The number of rotatable bonds is 3. The molecule has 0 spiro atoms. The Morgan fingerprint density at radius 2 is 2.22 bits per heavy atom. The number of nitriles is 1. The zero-order chi connectivity index (χ0) is 13.1. The lowest BCUT2D eigenvalue weighted by Crippen LogP contribution is -1.96. The molecule has 0 radical (unpaired) electrons.